The first-order chi connectivity index (χ1) is 35.5. The van der Waals surface area contributed by atoms with E-state index < -0.39 is 20.0 Å². The molecule has 3 atom stereocenters. The first-order valence-corrected chi connectivity index (χ1v) is 31.3. The molecule has 73 heavy (non-hydrogen) atoms. The molecule has 0 aliphatic heterocycles. The molecule has 0 aromatic heterocycles. The third kappa shape index (κ3) is 56.7. The van der Waals surface area contributed by atoms with Crippen LogP contribution < -0.4 is 5.32 Å². The summed E-state index contributed by atoms with van der Waals surface area (Å²) in [4.78, 5) is 23.3. The Balaban J connectivity index is 4.34. The van der Waals surface area contributed by atoms with E-state index in [-0.39, 0.29) is 19.1 Å². The summed E-state index contributed by atoms with van der Waals surface area (Å²) in [7, 11) is 1.51. The molecule has 420 valence electrons. The molecule has 0 spiro atoms. The van der Waals surface area contributed by atoms with Crippen molar-refractivity contribution in [3.63, 3.8) is 0 Å². The number of aliphatic hydroxyl groups is 1. The number of carbonyl (C=O) groups is 1. The fourth-order valence-electron chi connectivity index (χ4n) is 8.08. The second-order valence-electron chi connectivity index (χ2n) is 21.0. The minimum absolute atomic E-state index is 0.0420. The van der Waals surface area contributed by atoms with Gasteiger partial charge in [0.1, 0.15) is 13.2 Å². The SMILES string of the molecule is CC/C=C\C/C=C\C/C=C\C/C=C\C/C=C\C/C=C\CCCCCCC(=O)NC(COP(=O)(O)OCC[N+](C)(C)C)C(O)/C=C/CC/C=C/CC/C=C/CCCCCCCCCCCCCCCCCCCC. The summed E-state index contributed by atoms with van der Waals surface area (Å²) in [5.74, 6) is -0.218. The van der Waals surface area contributed by atoms with Crippen molar-refractivity contribution in [1.82, 2.24) is 5.32 Å². The molecule has 0 saturated carbocycles. The average Bonchev–Trinajstić information content (AvgIpc) is 3.35. The highest BCUT2D eigenvalue weighted by atomic mass is 31.2. The van der Waals surface area contributed by atoms with Gasteiger partial charge in [-0.3, -0.25) is 13.8 Å². The number of amides is 1. The van der Waals surface area contributed by atoms with Crippen LogP contribution >= 0.6 is 7.82 Å². The number of phosphoric ester groups is 1. The van der Waals surface area contributed by atoms with Crippen molar-refractivity contribution in [1.29, 1.82) is 0 Å². The number of phosphoric acid groups is 1. The first-order valence-electron chi connectivity index (χ1n) is 29.8. The van der Waals surface area contributed by atoms with E-state index in [1.54, 1.807) is 6.08 Å². The predicted octanol–water partition coefficient (Wildman–Crippen LogP) is 18.4. The van der Waals surface area contributed by atoms with Gasteiger partial charge in [-0.2, -0.15) is 0 Å². The van der Waals surface area contributed by atoms with Gasteiger partial charge < -0.3 is 19.8 Å². The summed E-state index contributed by atoms with van der Waals surface area (Å²) < 4.78 is 23.7. The standard InChI is InChI=1S/C64H113N2O6P/c1-6-8-10-12-14-16-18-20-22-24-26-28-30-31-32-33-34-36-37-39-41-43-45-47-49-51-53-55-57-63(67)62(61-72-73(69,70)71-60-59-66(3,4)5)65-64(68)58-56-54-52-50-48-46-44-42-40-38-35-29-27-25-23-21-19-17-15-13-11-9-7-2/h9,11,15,17,21,23,27,29,38-41,44,46-47,49,55,57,62-63,67H,6-8,10,12-14,16,18-20,22,24-26,28,30-37,42-43,45,48,50-54,56,58-61H2,1-5H3,(H-,65,68,69,70)/p+1/b11-9-,17-15-,23-21-,29-27-,40-38-,41-39+,46-44-,49-47+,57-55+. The van der Waals surface area contributed by atoms with E-state index in [4.69, 9.17) is 9.05 Å². The molecule has 0 heterocycles. The lowest BCUT2D eigenvalue weighted by molar-refractivity contribution is -0.870. The van der Waals surface area contributed by atoms with Crippen molar-refractivity contribution < 1.29 is 32.9 Å². The lowest BCUT2D eigenvalue weighted by atomic mass is 10.0. The number of unbranched alkanes of at least 4 members (excludes halogenated alkanes) is 24. The van der Waals surface area contributed by atoms with E-state index >= 15 is 0 Å². The fraction of sp³-hybridized carbons (Fsp3) is 0.703. The molecule has 0 aromatic rings. The van der Waals surface area contributed by atoms with Crippen LogP contribution in [0.15, 0.2) is 109 Å². The van der Waals surface area contributed by atoms with Crippen molar-refractivity contribution in [3.05, 3.63) is 109 Å². The number of quaternary nitrogens is 1. The Labute approximate surface area is 451 Å². The summed E-state index contributed by atoms with van der Waals surface area (Å²) >= 11 is 0. The van der Waals surface area contributed by atoms with Gasteiger partial charge in [-0.25, -0.2) is 4.57 Å². The molecule has 8 nitrogen and oxygen atoms in total. The molecule has 9 heteroatoms. The molecule has 0 aliphatic carbocycles. The van der Waals surface area contributed by atoms with Crippen molar-refractivity contribution in [2.24, 2.45) is 0 Å². The number of nitrogens with zero attached hydrogens (tertiary/aromatic N) is 1. The first kappa shape index (κ1) is 70.2. The molecule has 0 radical (unpaired) electrons. The second-order valence-corrected chi connectivity index (χ2v) is 22.4. The summed E-state index contributed by atoms with van der Waals surface area (Å²) in [5.41, 5.74) is 0. The van der Waals surface area contributed by atoms with Crippen LogP contribution in [0.4, 0.5) is 0 Å². The Kier molecular flexibility index (Phi) is 51.9. The molecule has 3 N–H and O–H groups in total. The summed E-state index contributed by atoms with van der Waals surface area (Å²) in [5, 5.41) is 13.9. The van der Waals surface area contributed by atoms with Crippen LogP contribution in [0.25, 0.3) is 0 Å². The van der Waals surface area contributed by atoms with Crippen LogP contribution in [-0.2, 0) is 18.4 Å². The normalized spacial score (nSPS) is 14.7. The van der Waals surface area contributed by atoms with E-state index in [1.807, 2.05) is 27.2 Å². The number of likely N-dealkylation sites (N-methyl/N-ethyl adjacent to an activating group) is 1. The van der Waals surface area contributed by atoms with Crippen LogP contribution in [0, 0.1) is 0 Å². The molecule has 0 fully saturated rings. The summed E-state index contributed by atoms with van der Waals surface area (Å²) in [6.07, 6.45) is 79.2. The van der Waals surface area contributed by atoms with Crippen molar-refractivity contribution >= 4 is 13.7 Å². The highest BCUT2D eigenvalue weighted by Gasteiger charge is 2.27. The van der Waals surface area contributed by atoms with E-state index in [2.05, 4.69) is 116 Å². The van der Waals surface area contributed by atoms with Crippen LogP contribution in [-0.4, -0.2) is 73.4 Å². The average molecular weight is 1040 g/mol. The number of hydrogen-bond acceptors (Lipinski definition) is 5. The van der Waals surface area contributed by atoms with Gasteiger partial charge in [-0.1, -0.05) is 245 Å². The molecule has 3 unspecified atom stereocenters. The van der Waals surface area contributed by atoms with Crippen LogP contribution in [0.1, 0.15) is 239 Å². The summed E-state index contributed by atoms with van der Waals surface area (Å²) in [6.45, 7) is 4.65. The van der Waals surface area contributed by atoms with Gasteiger partial charge in [-0.15, -0.1) is 0 Å². The van der Waals surface area contributed by atoms with Gasteiger partial charge >= 0.3 is 7.82 Å². The number of aliphatic hydroxyl groups excluding tert-OH is 1. The predicted molar refractivity (Wildman–Crippen MR) is 318 cm³/mol. The zero-order valence-corrected chi connectivity index (χ0v) is 48.7. The number of carbonyl (C=O) groups excluding carboxylic acids is 1. The Morgan fingerprint density at radius 2 is 0.836 bits per heavy atom. The van der Waals surface area contributed by atoms with Crippen molar-refractivity contribution in [3.8, 4) is 0 Å². The van der Waals surface area contributed by atoms with Gasteiger partial charge in [-0.05, 0) is 96.3 Å². The van der Waals surface area contributed by atoms with Crippen LogP contribution in [0.3, 0.4) is 0 Å². The zero-order chi connectivity index (χ0) is 53.5. The van der Waals surface area contributed by atoms with E-state index in [0.717, 1.165) is 96.3 Å². The monoisotopic (exact) mass is 1040 g/mol. The van der Waals surface area contributed by atoms with Crippen molar-refractivity contribution in [2.75, 3.05) is 40.9 Å². The molecule has 1 amide bonds. The topological polar surface area (TPSA) is 105 Å². The van der Waals surface area contributed by atoms with Gasteiger partial charge in [0.05, 0.1) is 39.9 Å². The van der Waals surface area contributed by atoms with Gasteiger partial charge in [0, 0.05) is 6.42 Å². The maximum atomic E-state index is 13.0. The number of allylic oxidation sites excluding steroid dienone is 17. The van der Waals surface area contributed by atoms with Gasteiger partial charge in [0.25, 0.3) is 0 Å². The lowest BCUT2D eigenvalue weighted by Gasteiger charge is -2.25. The summed E-state index contributed by atoms with van der Waals surface area (Å²) in [6, 6.07) is -0.893. The van der Waals surface area contributed by atoms with Gasteiger partial charge in [0.15, 0.2) is 0 Å². The molecule has 0 rings (SSSR count). The Morgan fingerprint density at radius 1 is 0.479 bits per heavy atom. The van der Waals surface area contributed by atoms with Gasteiger partial charge in [0.2, 0.25) is 5.91 Å². The number of nitrogens with one attached hydrogen (secondary N) is 1. The fourth-order valence-corrected chi connectivity index (χ4v) is 8.81. The second kappa shape index (κ2) is 54.0. The molecule has 0 bridgehead atoms. The third-order valence-electron chi connectivity index (χ3n) is 12.7. The molecule has 0 aliphatic rings. The third-order valence-corrected chi connectivity index (χ3v) is 13.7. The van der Waals surface area contributed by atoms with Crippen molar-refractivity contribution in [2.45, 2.75) is 251 Å². The highest BCUT2D eigenvalue weighted by Crippen LogP contribution is 2.43. The molecular weight excluding hydrogens is 924 g/mol. The van der Waals surface area contributed by atoms with E-state index in [9.17, 15) is 19.4 Å². The molecule has 0 saturated heterocycles. The molecular formula is C64H114N2O6P+. The Morgan fingerprint density at radius 3 is 1.26 bits per heavy atom. The number of hydrogen-bond donors (Lipinski definition) is 3. The quantitative estimate of drug-likeness (QED) is 0.0243. The smallest absolute Gasteiger partial charge is 0.387 e. The highest BCUT2D eigenvalue weighted by molar-refractivity contribution is 7.47. The minimum atomic E-state index is -4.38. The van der Waals surface area contributed by atoms with E-state index in [0.29, 0.717) is 17.4 Å². The lowest BCUT2D eigenvalue weighted by Crippen LogP contribution is -2.45. The van der Waals surface area contributed by atoms with Crippen LogP contribution in [0.5, 0.6) is 0 Å². The largest absolute Gasteiger partial charge is 0.472 e. The molecule has 0 aromatic carbocycles. The minimum Gasteiger partial charge on any atom is -0.387 e. The zero-order valence-electron chi connectivity index (χ0n) is 47.8. The maximum Gasteiger partial charge on any atom is 0.472 e. The van der Waals surface area contributed by atoms with Crippen LogP contribution in [0.2, 0.25) is 0 Å². The number of rotatable bonds is 53. The Bertz CT molecular complexity index is 1550. The maximum absolute atomic E-state index is 13.0. The van der Waals surface area contributed by atoms with E-state index in [1.165, 1.54) is 122 Å². The Hall–Kier alpha value is -2.84.